The minimum Gasteiger partial charge on any atom is -0.496 e. The molecule has 0 aliphatic carbocycles. The van der Waals surface area contributed by atoms with Crippen molar-refractivity contribution in [3.8, 4) is 5.75 Å². The van der Waals surface area contributed by atoms with Crippen molar-refractivity contribution in [3.63, 3.8) is 0 Å². The summed E-state index contributed by atoms with van der Waals surface area (Å²) in [6.07, 6.45) is 3.35. The Hall–Kier alpha value is -2.93. The fourth-order valence-corrected chi connectivity index (χ4v) is 4.73. The van der Waals surface area contributed by atoms with E-state index in [-0.39, 0.29) is 36.2 Å². The second kappa shape index (κ2) is 12.5. The van der Waals surface area contributed by atoms with Crippen molar-refractivity contribution < 1.29 is 23.5 Å². The molecule has 1 atom stereocenters. The van der Waals surface area contributed by atoms with E-state index < -0.39 is 0 Å². The van der Waals surface area contributed by atoms with Crippen molar-refractivity contribution in [2.75, 3.05) is 41.0 Å². The first-order valence-corrected chi connectivity index (χ1v) is 11.8. The Balaban J connectivity index is 1.60. The molecule has 1 fully saturated rings. The third-order valence-electron chi connectivity index (χ3n) is 6.75. The number of para-hydroxylation sites is 1. The summed E-state index contributed by atoms with van der Waals surface area (Å²) in [6, 6.07) is 14.2. The number of ether oxygens (including phenoxy) is 2. The zero-order chi connectivity index (χ0) is 24.5. The Morgan fingerprint density at radius 2 is 1.76 bits per heavy atom. The number of nitrogens with zero attached hydrogens (tertiary/aromatic N) is 2. The Morgan fingerprint density at radius 3 is 2.41 bits per heavy atom. The molecular weight excluding hydrogens is 435 g/mol. The number of hydrogen-bond acceptors (Lipinski definition) is 4. The van der Waals surface area contributed by atoms with Crippen molar-refractivity contribution in [2.45, 2.75) is 38.1 Å². The predicted octanol–water partition coefficient (Wildman–Crippen LogP) is 3.72. The first-order valence-electron chi connectivity index (χ1n) is 11.8. The highest BCUT2D eigenvalue weighted by Gasteiger charge is 2.32. The molecule has 2 aromatic carbocycles. The van der Waals surface area contributed by atoms with E-state index in [9.17, 15) is 14.0 Å². The second-order valence-electron chi connectivity index (χ2n) is 8.87. The van der Waals surface area contributed by atoms with Gasteiger partial charge < -0.3 is 19.3 Å². The van der Waals surface area contributed by atoms with Crippen LogP contribution in [0.2, 0.25) is 0 Å². The molecular formula is C27H35FN2O4. The van der Waals surface area contributed by atoms with Crippen LogP contribution in [-0.2, 0) is 27.2 Å². The molecule has 2 aromatic rings. The SMILES string of the molecule is COCC(=O)N(C)[C@@H](Cc1ccc(F)cc1)C1CCN(C(=O)CCc2ccccc2OC)CC1. The summed E-state index contributed by atoms with van der Waals surface area (Å²) in [4.78, 5) is 29.1. The molecule has 1 saturated heterocycles. The highest BCUT2D eigenvalue weighted by molar-refractivity contribution is 5.78. The molecule has 34 heavy (non-hydrogen) atoms. The molecule has 0 saturated carbocycles. The van der Waals surface area contributed by atoms with E-state index in [1.807, 2.05) is 29.2 Å². The van der Waals surface area contributed by atoms with Crippen LogP contribution in [0.4, 0.5) is 4.39 Å². The van der Waals surface area contributed by atoms with Crippen LogP contribution in [0, 0.1) is 11.7 Å². The Labute approximate surface area is 201 Å². The van der Waals surface area contributed by atoms with Gasteiger partial charge in [0.1, 0.15) is 18.2 Å². The van der Waals surface area contributed by atoms with Gasteiger partial charge in [-0.1, -0.05) is 30.3 Å². The Kier molecular flexibility index (Phi) is 9.45. The average molecular weight is 471 g/mol. The van der Waals surface area contributed by atoms with Crippen molar-refractivity contribution in [1.29, 1.82) is 0 Å². The lowest BCUT2D eigenvalue weighted by Gasteiger charge is -2.40. The van der Waals surface area contributed by atoms with Crippen LogP contribution in [0.25, 0.3) is 0 Å². The standard InChI is InChI=1S/C27H35FN2O4/c1-29(27(32)19-33-2)24(18-20-8-11-23(28)12-9-20)21-14-16-30(17-15-21)26(31)13-10-22-6-4-5-7-25(22)34-3/h4-9,11-12,21,24H,10,13-19H2,1-3H3/t24-/m0/s1. The number of halogens is 1. The van der Waals surface area contributed by atoms with Gasteiger partial charge >= 0.3 is 0 Å². The smallest absolute Gasteiger partial charge is 0.248 e. The van der Waals surface area contributed by atoms with Gasteiger partial charge in [-0.05, 0) is 60.9 Å². The van der Waals surface area contributed by atoms with Crippen molar-refractivity contribution >= 4 is 11.8 Å². The maximum Gasteiger partial charge on any atom is 0.248 e. The van der Waals surface area contributed by atoms with Gasteiger partial charge in [-0.25, -0.2) is 4.39 Å². The molecule has 0 bridgehead atoms. The maximum absolute atomic E-state index is 13.4. The summed E-state index contributed by atoms with van der Waals surface area (Å²) in [6.45, 7) is 1.36. The van der Waals surface area contributed by atoms with Crippen LogP contribution in [0.15, 0.2) is 48.5 Å². The average Bonchev–Trinajstić information content (AvgIpc) is 2.87. The molecule has 184 valence electrons. The summed E-state index contributed by atoms with van der Waals surface area (Å²) in [5.74, 6) is 0.841. The van der Waals surface area contributed by atoms with Gasteiger partial charge in [-0.2, -0.15) is 0 Å². The van der Waals surface area contributed by atoms with Crippen molar-refractivity contribution in [1.82, 2.24) is 9.80 Å². The minimum absolute atomic E-state index is 0.0245. The summed E-state index contributed by atoms with van der Waals surface area (Å²) < 4.78 is 23.8. The van der Waals surface area contributed by atoms with Crippen LogP contribution < -0.4 is 4.74 Å². The van der Waals surface area contributed by atoms with Crippen LogP contribution in [0.1, 0.15) is 30.4 Å². The first kappa shape index (κ1) is 25.7. The number of aryl methyl sites for hydroxylation is 1. The van der Waals surface area contributed by atoms with E-state index in [2.05, 4.69) is 0 Å². The summed E-state index contributed by atoms with van der Waals surface area (Å²) in [5, 5.41) is 0. The van der Waals surface area contributed by atoms with E-state index in [1.54, 1.807) is 31.2 Å². The quantitative estimate of drug-likeness (QED) is 0.531. The molecule has 0 spiro atoms. The van der Waals surface area contributed by atoms with E-state index in [0.29, 0.717) is 32.4 Å². The number of benzene rings is 2. The van der Waals surface area contributed by atoms with Crippen molar-refractivity contribution in [3.05, 3.63) is 65.5 Å². The molecule has 0 radical (unpaired) electrons. The number of methoxy groups -OCH3 is 2. The van der Waals surface area contributed by atoms with E-state index >= 15 is 0 Å². The van der Waals surface area contributed by atoms with Crippen LogP contribution in [-0.4, -0.2) is 68.6 Å². The largest absolute Gasteiger partial charge is 0.496 e. The number of rotatable bonds is 10. The Bertz CT molecular complexity index is 942. The number of carbonyl (C=O) groups excluding carboxylic acids is 2. The lowest BCUT2D eigenvalue weighted by atomic mass is 9.84. The molecule has 0 N–H and O–H groups in total. The normalized spacial score (nSPS) is 15.1. The predicted molar refractivity (Wildman–Crippen MR) is 129 cm³/mol. The molecule has 3 rings (SSSR count). The lowest BCUT2D eigenvalue weighted by molar-refractivity contribution is -0.139. The van der Waals surface area contributed by atoms with E-state index in [4.69, 9.17) is 9.47 Å². The van der Waals surface area contributed by atoms with Crippen LogP contribution in [0.5, 0.6) is 5.75 Å². The highest BCUT2D eigenvalue weighted by atomic mass is 19.1. The molecule has 0 aromatic heterocycles. The molecule has 1 heterocycles. The fraction of sp³-hybridized carbons (Fsp3) is 0.481. The second-order valence-corrected chi connectivity index (χ2v) is 8.87. The fourth-order valence-electron chi connectivity index (χ4n) is 4.73. The zero-order valence-corrected chi connectivity index (χ0v) is 20.3. The molecule has 1 aliphatic rings. The zero-order valence-electron chi connectivity index (χ0n) is 20.3. The van der Waals surface area contributed by atoms with E-state index in [1.165, 1.54) is 19.2 Å². The molecule has 2 amide bonds. The molecule has 7 heteroatoms. The number of likely N-dealkylation sites (N-methyl/N-ethyl adjacent to an activating group) is 1. The van der Waals surface area contributed by atoms with Crippen LogP contribution >= 0.6 is 0 Å². The lowest BCUT2D eigenvalue weighted by Crippen LogP contribution is -2.49. The number of carbonyl (C=O) groups is 2. The molecule has 0 unspecified atom stereocenters. The first-order chi connectivity index (χ1) is 16.4. The third kappa shape index (κ3) is 6.79. The van der Waals surface area contributed by atoms with Gasteiger partial charge in [0.15, 0.2) is 0 Å². The van der Waals surface area contributed by atoms with Crippen LogP contribution in [0.3, 0.4) is 0 Å². The van der Waals surface area contributed by atoms with Gasteiger partial charge in [0, 0.05) is 39.7 Å². The van der Waals surface area contributed by atoms with Gasteiger partial charge in [0.05, 0.1) is 7.11 Å². The van der Waals surface area contributed by atoms with E-state index in [0.717, 1.165) is 29.7 Å². The maximum atomic E-state index is 13.4. The van der Waals surface area contributed by atoms with Gasteiger partial charge in [-0.3, -0.25) is 9.59 Å². The highest BCUT2D eigenvalue weighted by Crippen LogP contribution is 2.27. The number of likely N-dealkylation sites (tertiary alicyclic amines) is 1. The van der Waals surface area contributed by atoms with Gasteiger partial charge in [-0.15, -0.1) is 0 Å². The van der Waals surface area contributed by atoms with Gasteiger partial charge in [0.2, 0.25) is 11.8 Å². The summed E-state index contributed by atoms with van der Waals surface area (Å²) in [7, 11) is 4.96. The summed E-state index contributed by atoms with van der Waals surface area (Å²) >= 11 is 0. The third-order valence-corrected chi connectivity index (χ3v) is 6.75. The van der Waals surface area contributed by atoms with Gasteiger partial charge in [0.25, 0.3) is 0 Å². The number of piperidine rings is 1. The number of hydrogen-bond donors (Lipinski definition) is 0. The van der Waals surface area contributed by atoms with Crippen molar-refractivity contribution in [2.24, 2.45) is 5.92 Å². The monoisotopic (exact) mass is 470 g/mol. The summed E-state index contributed by atoms with van der Waals surface area (Å²) in [5.41, 5.74) is 2.02. The molecule has 1 aliphatic heterocycles. The molecule has 6 nitrogen and oxygen atoms in total. The Morgan fingerprint density at radius 1 is 1.09 bits per heavy atom. The number of amides is 2. The minimum atomic E-state index is -0.274. The topological polar surface area (TPSA) is 59.1 Å².